The Kier molecular flexibility index (Phi) is 4.58. The van der Waals surface area contributed by atoms with E-state index in [9.17, 15) is 0 Å². The summed E-state index contributed by atoms with van der Waals surface area (Å²) in [4.78, 5) is 6.84. The van der Waals surface area contributed by atoms with Crippen molar-refractivity contribution >= 4 is 12.4 Å². The fourth-order valence-electron chi connectivity index (χ4n) is 2.33. The number of nitrogens with two attached hydrogens (primary N) is 1. The predicted octanol–water partition coefficient (Wildman–Crippen LogP) is 2.30. The Hall–Kier alpha value is -1.36. The summed E-state index contributed by atoms with van der Waals surface area (Å²) in [6.07, 6.45) is 2.82. The molecule has 0 saturated carbocycles. The monoisotopic (exact) mass is 279 g/mol. The topological polar surface area (TPSA) is 55.3 Å². The maximum absolute atomic E-state index is 5.89. The van der Waals surface area contributed by atoms with Gasteiger partial charge in [-0.2, -0.15) is 0 Å². The van der Waals surface area contributed by atoms with Gasteiger partial charge in [-0.25, -0.2) is 4.98 Å². The first-order chi connectivity index (χ1) is 8.81. The first-order valence-electron chi connectivity index (χ1n) is 6.29. The summed E-state index contributed by atoms with van der Waals surface area (Å²) >= 11 is 0. The fourth-order valence-corrected chi connectivity index (χ4v) is 2.33. The van der Waals surface area contributed by atoms with Gasteiger partial charge in [-0.05, 0) is 18.6 Å². The first-order valence-corrected chi connectivity index (χ1v) is 6.29. The minimum atomic E-state index is 0. The van der Waals surface area contributed by atoms with Gasteiger partial charge >= 0.3 is 0 Å². The van der Waals surface area contributed by atoms with Crippen LogP contribution < -0.4 is 5.73 Å². The molecular weight excluding hydrogens is 262 g/mol. The molecule has 0 bridgehead atoms. The molecule has 0 amide bonds. The van der Waals surface area contributed by atoms with Gasteiger partial charge in [0.05, 0.1) is 5.69 Å². The SMILES string of the molecule is Cl.NC1CCN(Cc2coc(-c3ccccc3)n2)C1. The lowest BCUT2D eigenvalue weighted by Gasteiger charge is -2.12. The van der Waals surface area contributed by atoms with Crippen LogP contribution in [0.5, 0.6) is 0 Å². The number of nitrogens with zero attached hydrogens (tertiary/aromatic N) is 2. The summed E-state index contributed by atoms with van der Waals surface area (Å²) in [6.45, 7) is 2.83. The van der Waals surface area contributed by atoms with Crippen LogP contribution in [0, 0.1) is 0 Å². The molecule has 1 fully saturated rings. The van der Waals surface area contributed by atoms with Gasteiger partial charge in [0.1, 0.15) is 6.26 Å². The van der Waals surface area contributed by atoms with Gasteiger partial charge in [0.25, 0.3) is 0 Å². The number of likely N-dealkylation sites (tertiary alicyclic amines) is 1. The average molecular weight is 280 g/mol. The summed E-state index contributed by atoms with van der Waals surface area (Å²) in [6, 6.07) is 10.3. The van der Waals surface area contributed by atoms with Crippen molar-refractivity contribution in [3.63, 3.8) is 0 Å². The molecule has 2 N–H and O–H groups in total. The third-order valence-electron chi connectivity index (χ3n) is 3.27. The molecule has 1 atom stereocenters. The second kappa shape index (κ2) is 6.19. The number of hydrogen-bond donors (Lipinski definition) is 1. The molecule has 0 spiro atoms. The Labute approximate surface area is 119 Å². The van der Waals surface area contributed by atoms with Gasteiger partial charge in [-0.3, -0.25) is 4.90 Å². The van der Waals surface area contributed by atoms with Crippen LogP contribution in [0.1, 0.15) is 12.1 Å². The molecule has 19 heavy (non-hydrogen) atoms. The van der Waals surface area contributed by atoms with Gasteiger partial charge in [0, 0.05) is 31.2 Å². The number of aromatic nitrogens is 1. The van der Waals surface area contributed by atoms with Crippen LogP contribution in [0.25, 0.3) is 11.5 Å². The van der Waals surface area contributed by atoms with E-state index < -0.39 is 0 Å². The quantitative estimate of drug-likeness (QED) is 0.937. The minimum absolute atomic E-state index is 0. The molecule has 1 aliphatic rings. The number of halogens is 1. The van der Waals surface area contributed by atoms with Crippen molar-refractivity contribution in [3.8, 4) is 11.5 Å². The third kappa shape index (κ3) is 3.35. The zero-order valence-corrected chi connectivity index (χ0v) is 11.5. The molecule has 4 nitrogen and oxygen atoms in total. The van der Waals surface area contributed by atoms with Gasteiger partial charge in [-0.15, -0.1) is 12.4 Å². The molecule has 3 rings (SSSR count). The second-order valence-corrected chi connectivity index (χ2v) is 4.79. The molecule has 1 aromatic carbocycles. The van der Waals surface area contributed by atoms with Crippen LogP contribution in [-0.4, -0.2) is 29.0 Å². The van der Waals surface area contributed by atoms with Crippen molar-refractivity contribution in [2.45, 2.75) is 19.0 Å². The molecule has 1 aliphatic heterocycles. The lowest BCUT2D eigenvalue weighted by Crippen LogP contribution is -2.26. The first kappa shape index (κ1) is 14.1. The van der Waals surface area contributed by atoms with Crippen molar-refractivity contribution in [3.05, 3.63) is 42.3 Å². The molecule has 1 saturated heterocycles. The van der Waals surface area contributed by atoms with E-state index >= 15 is 0 Å². The van der Waals surface area contributed by atoms with E-state index in [0.717, 1.165) is 37.3 Å². The normalized spacial score (nSPS) is 19.3. The van der Waals surface area contributed by atoms with E-state index in [4.69, 9.17) is 10.2 Å². The standard InChI is InChI=1S/C14H17N3O.ClH/c15-12-6-7-17(8-12)9-13-10-18-14(16-13)11-4-2-1-3-5-11;/h1-5,10,12H,6-9,15H2;1H. The van der Waals surface area contributed by atoms with Crippen LogP contribution in [0.3, 0.4) is 0 Å². The third-order valence-corrected chi connectivity index (χ3v) is 3.27. The van der Waals surface area contributed by atoms with Crippen LogP contribution >= 0.6 is 12.4 Å². The zero-order valence-electron chi connectivity index (χ0n) is 10.7. The number of benzene rings is 1. The summed E-state index contributed by atoms with van der Waals surface area (Å²) in [5, 5.41) is 0. The molecule has 1 aromatic heterocycles. The van der Waals surface area contributed by atoms with Crippen LogP contribution in [0.2, 0.25) is 0 Å². The molecular formula is C14H18ClN3O. The van der Waals surface area contributed by atoms with Crippen LogP contribution in [-0.2, 0) is 6.54 Å². The van der Waals surface area contributed by atoms with E-state index in [1.54, 1.807) is 6.26 Å². The summed E-state index contributed by atoms with van der Waals surface area (Å²) < 4.78 is 5.52. The Morgan fingerprint density at radius 3 is 2.79 bits per heavy atom. The molecule has 102 valence electrons. The summed E-state index contributed by atoms with van der Waals surface area (Å²) in [7, 11) is 0. The fraction of sp³-hybridized carbons (Fsp3) is 0.357. The Morgan fingerprint density at radius 2 is 2.11 bits per heavy atom. The van der Waals surface area contributed by atoms with Crippen molar-refractivity contribution < 1.29 is 4.42 Å². The average Bonchev–Trinajstić information content (AvgIpc) is 3.01. The minimum Gasteiger partial charge on any atom is -0.444 e. The van der Waals surface area contributed by atoms with Crippen molar-refractivity contribution in [1.29, 1.82) is 0 Å². The molecule has 2 heterocycles. The van der Waals surface area contributed by atoms with E-state index in [1.807, 2.05) is 30.3 Å². The highest BCUT2D eigenvalue weighted by molar-refractivity contribution is 5.85. The van der Waals surface area contributed by atoms with Gasteiger partial charge in [0.2, 0.25) is 5.89 Å². The van der Waals surface area contributed by atoms with Gasteiger partial charge in [0.15, 0.2) is 0 Å². The van der Waals surface area contributed by atoms with Crippen LogP contribution in [0.4, 0.5) is 0 Å². The van der Waals surface area contributed by atoms with Gasteiger partial charge < -0.3 is 10.2 Å². The van der Waals surface area contributed by atoms with E-state index in [1.165, 1.54) is 0 Å². The largest absolute Gasteiger partial charge is 0.444 e. The molecule has 1 unspecified atom stereocenters. The predicted molar refractivity (Wildman–Crippen MR) is 77.1 cm³/mol. The number of oxazole rings is 1. The van der Waals surface area contributed by atoms with Crippen LogP contribution in [0.15, 0.2) is 41.0 Å². The summed E-state index contributed by atoms with van der Waals surface area (Å²) in [5.74, 6) is 0.689. The lowest BCUT2D eigenvalue weighted by atomic mass is 10.2. The van der Waals surface area contributed by atoms with Crippen molar-refractivity contribution in [2.24, 2.45) is 5.73 Å². The highest BCUT2D eigenvalue weighted by atomic mass is 35.5. The van der Waals surface area contributed by atoms with E-state index in [0.29, 0.717) is 11.9 Å². The number of hydrogen-bond acceptors (Lipinski definition) is 4. The second-order valence-electron chi connectivity index (χ2n) is 4.79. The van der Waals surface area contributed by atoms with Gasteiger partial charge in [-0.1, -0.05) is 18.2 Å². The zero-order chi connectivity index (χ0) is 12.4. The van der Waals surface area contributed by atoms with E-state index in [2.05, 4.69) is 9.88 Å². The van der Waals surface area contributed by atoms with Crippen molar-refractivity contribution in [1.82, 2.24) is 9.88 Å². The highest BCUT2D eigenvalue weighted by Gasteiger charge is 2.20. The maximum Gasteiger partial charge on any atom is 0.226 e. The Balaban J connectivity index is 0.00000133. The molecule has 0 aliphatic carbocycles. The molecule has 0 radical (unpaired) electrons. The lowest BCUT2D eigenvalue weighted by molar-refractivity contribution is 0.322. The Bertz CT molecular complexity index is 514. The molecule has 2 aromatic rings. The summed E-state index contributed by atoms with van der Waals surface area (Å²) in [5.41, 5.74) is 7.88. The van der Waals surface area contributed by atoms with E-state index in [-0.39, 0.29) is 12.4 Å². The number of rotatable bonds is 3. The smallest absolute Gasteiger partial charge is 0.226 e. The van der Waals surface area contributed by atoms with Crippen molar-refractivity contribution in [2.75, 3.05) is 13.1 Å². The molecule has 5 heteroatoms. The Morgan fingerprint density at radius 1 is 1.32 bits per heavy atom. The maximum atomic E-state index is 5.89. The highest BCUT2D eigenvalue weighted by Crippen LogP contribution is 2.19.